The van der Waals surface area contributed by atoms with Crippen molar-refractivity contribution in [3.63, 3.8) is 0 Å². The van der Waals surface area contributed by atoms with Crippen molar-refractivity contribution in [2.45, 2.75) is 18.4 Å². The van der Waals surface area contributed by atoms with E-state index in [1.54, 1.807) is 12.1 Å². The number of rotatable bonds is 7. The summed E-state index contributed by atoms with van der Waals surface area (Å²) in [6.45, 7) is 1.53. The van der Waals surface area contributed by atoms with Crippen LogP contribution in [0, 0.1) is 12.7 Å². The number of carbonyl (C=O) groups excluding carboxylic acids is 2. The third kappa shape index (κ3) is 5.40. The van der Waals surface area contributed by atoms with Gasteiger partial charge in [0.2, 0.25) is 0 Å². The Morgan fingerprint density at radius 1 is 1.06 bits per heavy atom. The zero-order valence-electron chi connectivity index (χ0n) is 19.0. The standard InChI is InChI=1S/C25H19ClFNO6S2/c1-15-6-9-17(10-7-15)36(31,32)34-21-11-8-16(12-22(21)33-2)13-23-24(29)28(25(30)35-23)14-18-19(26)4-3-5-20(18)27/h3-13H,14H2,1-2H3/b23-13-. The fourth-order valence-electron chi connectivity index (χ4n) is 3.34. The van der Waals surface area contributed by atoms with Crippen molar-refractivity contribution in [1.29, 1.82) is 0 Å². The van der Waals surface area contributed by atoms with Crippen LogP contribution in [0.1, 0.15) is 16.7 Å². The monoisotopic (exact) mass is 547 g/mol. The van der Waals surface area contributed by atoms with Crippen molar-refractivity contribution < 1.29 is 31.3 Å². The van der Waals surface area contributed by atoms with Gasteiger partial charge in [0, 0.05) is 10.6 Å². The summed E-state index contributed by atoms with van der Waals surface area (Å²) in [4.78, 5) is 26.3. The smallest absolute Gasteiger partial charge is 0.339 e. The molecule has 3 aromatic rings. The highest BCUT2D eigenvalue weighted by molar-refractivity contribution is 8.18. The number of imide groups is 1. The van der Waals surface area contributed by atoms with Gasteiger partial charge in [0.1, 0.15) is 10.7 Å². The molecule has 7 nitrogen and oxygen atoms in total. The Balaban J connectivity index is 1.56. The Morgan fingerprint density at radius 2 is 1.78 bits per heavy atom. The van der Waals surface area contributed by atoms with Gasteiger partial charge < -0.3 is 8.92 Å². The van der Waals surface area contributed by atoms with Crippen molar-refractivity contribution in [3.05, 3.63) is 93.1 Å². The highest BCUT2D eigenvalue weighted by Crippen LogP contribution is 2.36. The molecule has 1 fully saturated rings. The Kier molecular flexibility index (Phi) is 7.39. The normalized spacial score (nSPS) is 15.0. The molecule has 3 aromatic carbocycles. The maximum Gasteiger partial charge on any atom is 0.339 e. The van der Waals surface area contributed by atoms with Gasteiger partial charge in [0.25, 0.3) is 11.1 Å². The van der Waals surface area contributed by atoms with Crippen molar-refractivity contribution in [2.75, 3.05) is 7.11 Å². The Morgan fingerprint density at radius 3 is 2.44 bits per heavy atom. The van der Waals surface area contributed by atoms with E-state index in [0.717, 1.165) is 10.5 Å². The Labute approximate surface area is 216 Å². The van der Waals surface area contributed by atoms with E-state index in [2.05, 4.69) is 0 Å². The van der Waals surface area contributed by atoms with Gasteiger partial charge in [-0.2, -0.15) is 8.42 Å². The molecule has 0 aliphatic carbocycles. The molecule has 0 unspecified atom stereocenters. The van der Waals surface area contributed by atoms with Gasteiger partial charge >= 0.3 is 10.1 Å². The quantitative estimate of drug-likeness (QED) is 0.273. The largest absolute Gasteiger partial charge is 0.493 e. The van der Waals surface area contributed by atoms with Crippen LogP contribution in [0.15, 0.2) is 70.5 Å². The lowest BCUT2D eigenvalue weighted by Crippen LogP contribution is -2.28. The SMILES string of the molecule is COc1cc(/C=C2\SC(=O)N(Cc3c(F)cccc3Cl)C2=O)ccc1OS(=O)(=O)c1ccc(C)cc1. The van der Waals surface area contributed by atoms with E-state index in [1.165, 1.54) is 61.7 Å². The maximum atomic E-state index is 14.1. The molecule has 0 aromatic heterocycles. The molecular formula is C25H19ClFNO6S2. The predicted molar refractivity (Wildman–Crippen MR) is 135 cm³/mol. The molecule has 4 rings (SSSR count). The second-order valence-electron chi connectivity index (χ2n) is 7.73. The number of amides is 2. The average molecular weight is 548 g/mol. The van der Waals surface area contributed by atoms with Gasteiger partial charge in [-0.1, -0.05) is 41.4 Å². The second kappa shape index (κ2) is 10.3. The third-order valence-corrected chi connectivity index (χ3v) is 7.76. The van der Waals surface area contributed by atoms with Crippen LogP contribution in [0.4, 0.5) is 9.18 Å². The first-order valence-corrected chi connectivity index (χ1v) is 13.1. The van der Waals surface area contributed by atoms with Crippen LogP contribution in [0.5, 0.6) is 11.5 Å². The number of nitrogens with zero attached hydrogens (tertiary/aromatic N) is 1. The van der Waals surface area contributed by atoms with Crippen molar-refractivity contribution in [2.24, 2.45) is 0 Å². The fraction of sp³-hybridized carbons (Fsp3) is 0.120. The summed E-state index contributed by atoms with van der Waals surface area (Å²) in [5.41, 5.74) is 1.40. The van der Waals surface area contributed by atoms with Gasteiger partial charge in [-0.3, -0.25) is 14.5 Å². The van der Waals surface area contributed by atoms with Crippen LogP contribution in [0.25, 0.3) is 6.08 Å². The van der Waals surface area contributed by atoms with E-state index in [-0.39, 0.29) is 38.4 Å². The minimum absolute atomic E-state index is 0.0112. The van der Waals surface area contributed by atoms with Crippen LogP contribution in [-0.2, 0) is 21.5 Å². The number of methoxy groups -OCH3 is 1. The molecule has 0 spiro atoms. The molecule has 0 saturated carbocycles. The topological polar surface area (TPSA) is 90.0 Å². The van der Waals surface area contributed by atoms with Crippen LogP contribution >= 0.6 is 23.4 Å². The molecular weight excluding hydrogens is 529 g/mol. The van der Waals surface area contributed by atoms with Crippen molar-refractivity contribution in [1.82, 2.24) is 4.90 Å². The minimum Gasteiger partial charge on any atom is -0.493 e. The summed E-state index contributed by atoms with van der Waals surface area (Å²) < 4.78 is 50.0. The summed E-state index contributed by atoms with van der Waals surface area (Å²) in [6, 6.07) is 14.7. The number of hydrogen-bond acceptors (Lipinski definition) is 7. The highest BCUT2D eigenvalue weighted by Gasteiger charge is 2.36. The van der Waals surface area contributed by atoms with E-state index < -0.39 is 27.1 Å². The first kappa shape index (κ1) is 25.7. The van der Waals surface area contributed by atoms with Crippen LogP contribution < -0.4 is 8.92 Å². The fourth-order valence-corrected chi connectivity index (χ4v) is 5.34. The molecule has 0 atom stereocenters. The number of halogens is 2. The molecule has 2 amide bonds. The van der Waals surface area contributed by atoms with Crippen LogP contribution in [0.3, 0.4) is 0 Å². The summed E-state index contributed by atoms with van der Waals surface area (Å²) in [6.07, 6.45) is 1.45. The van der Waals surface area contributed by atoms with Crippen LogP contribution in [0.2, 0.25) is 5.02 Å². The van der Waals surface area contributed by atoms with Crippen LogP contribution in [-0.4, -0.2) is 31.6 Å². The summed E-state index contributed by atoms with van der Waals surface area (Å²) >= 11 is 6.73. The lowest BCUT2D eigenvalue weighted by Gasteiger charge is -2.14. The zero-order valence-corrected chi connectivity index (χ0v) is 21.4. The van der Waals surface area contributed by atoms with E-state index in [0.29, 0.717) is 17.3 Å². The molecule has 1 saturated heterocycles. The average Bonchev–Trinajstić information content (AvgIpc) is 3.09. The maximum absolute atomic E-state index is 14.1. The molecule has 186 valence electrons. The van der Waals surface area contributed by atoms with Gasteiger partial charge in [0.15, 0.2) is 11.5 Å². The van der Waals surface area contributed by atoms with Gasteiger partial charge in [-0.05, 0) is 66.7 Å². The number of aryl methyl sites for hydroxylation is 1. The summed E-state index contributed by atoms with van der Waals surface area (Å²) in [5.74, 6) is -1.16. The lowest BCUT2D eigenvalue weighted by atomic mass is 10.1. The molecule has 1 aliphatic heterocycles. The first-order valence-electron chi connectivity index (χ1n) is 10.5. The van der Waals surface area contributed by atoms with Gasteiger partial charge in [-0.15, -0.1) is 0 Å². The highest BCUT2D eigenvalue weighted by atomic mass is 35.5. The van der Waals surface area contributed by atoms with E-state index in [1.807, 2.05) is 6.92 Å². The molecule has 1 heterocycles. The summed E-state index contributed by atoms with van der Waals surface area (Å²) in [7, 11) is -2.76. The predicted octanol–water partition coefficient (Wildman–Crippen LogP) is 5.80. The lowest BCUT2D eigenvalue weighted by molar-refractivity contribution is -0.123. The van der Waals surface area contributed by atoms with Crippen molar-refractivity contribution in [3.8, 4) is 11.5 Å². The molecule has 11 heteroatoms. The van der Waals surface area contributed by atoms with E-state index in [4.69, 9.17) is 20.5 Å². The summed E-state index contributed by atoms with van der Waals surface area (Å²) in [5, 5.41) is -0.458. The molecule has 0 bridgehead atoms. The number of ether oxygens (including phenoxy) is 1. The molecule has 36 heavy (non-hydrogen) atoms. The number of thioether (sulfide) groups is 1. The zero-order chi connectivity index (χ0) is 26.0. The van der Waals surface area contributed by atoms with E-state index >= 15 is 0 Å². The number of benzene rings is 3. The number of carbonyl (C=O) groups is 2. The Bertz CT molecular complexity index is 1470. The number of hydrogen-bond donors (Lipinski definition) is 0. The van der Waals surface area contributed by atoms with Gasteiger partial charge in [-0.25, -0.2) is 4.39 Å². The van der Waals surface area contributed by atoms with Gasteiger partial charge in [0.05, 0.1) is 18.6 Å². The molecule has 0 radical (unpaired) electrons. The van der Waals surface area contributed by atoms with Crippen molar-refractivity contribution >= 4 is 50.7 Å². The second-order valence-corrected chi connectivity index (χ2v) is 10.7. The third-order valence-electron chi connectivity index (χ3n) is 5.25. The first-order chi connectivity index (χ1) is 17.1. The Hall–Kier alpha value is -3.34. The van der Waals surface area contributed by atoms with E-state index in [9.17, 15) is 22.4 Å². The molecule has 1 aliphatic rings. The minimum atomic E-state index is -4.10. The molecule has 0 N–H and O–H groups in total.